The Morgan fingerprint density at radius 1 is 1.24 bits per heavy atom. The molecule has 3 nitrogen and oxygen atoms in total. The van der Waals surface area contributed by atoms with Crippen LogP contribution in [0.25, 0.3) is 0 Å². The van der Waals surface area contributed by atoms with E-state index in [0.29, 0.717) is 24.5 Å². The van der Waals surface area contributed by atoms with Gasteiger partial charge in [-0.1, -0.05) is 32.9 Å². The van der Waals surface area contributed by atoms with E-state index in [9.17, 15) is 4.79 Å². The maximum Gasteiger partial charge on any atom is 0.134 e. The zero-order valence-electron chi connectivity index (χ0n) is 13.9. The second kappa shape index (κ2) is 9.56. The predicted molar refractivity (Wildman–Crippen MR) is 88.1 cm³/mol. The van der Waals surface area contributed by atoms with Crippen molar-refractivity contribution in [3.05, 3.63) is 29.8 Å². The van der Waals surface area contributed by atoms with Gasteiger partial charge in [0, 0.05) is 19.4 Å². The summed E-state index contributed by atoms with van der Waals surface area (Å²) in [6, 6.07) is 8.12. The molecule has 118 valence electrons. The van der Waals surface area contributed by atoms with E-state index in [1.54, 1.807) is 7.11 Å². The van der Waals surface area contributed by atoms with Crippen molar-refractivity contribution in [2.24, 2.45) is 0 Å². The van der Waals surface area contributed by atoms with Crippen LogP contribution in [0.4, 0.5) is 0 Å². The van der Waals surface area contributed by atoms with Gasteiger partial charge in [0.1, 0.15) is 11.5 Å². The standard InChI is InChI=1S/C18H29NO2/c1-5-19(6-2)13-12-17(20)11-10-15(3)16-8-7-9-18(14-16)21-4/h7-9,14-15H,5-6,10-13H2,1-4H3. The Bertz CT molecular complexity index is 427. The van der Waals surface area contributed by atoms with E-state index in [2.05, 4.69) is 37.8 Å². The quantitative estimate of drug-likeness (QED) is 0.655. The topological polar surface area (TPSA) is 29.5 Å². The van der Waals surface area contributed by atoms with Gasteiger partial charge < -0.3 is 9.64 Å². The van der Waals surface area contributed by atoms with Gasteiger partial charge in [-0.25, -0.2) is 0 Å². The molecular weight excluding hydrogens is 262 g/mol. The van der Waals surface area contributed by atoms with E-state index in [4.69, 9.17) is 4.74 Å². The number of Topliss-reactive ketones (excluding diaryl/α,β-unsaturated/α-hetero) is 1. The maximum absolute atomic E-state index is 12.0. The Labute approximate surface area is 129 Å². The zero-order valence-corrected chi connectivity index (χ0v) is 13.9. The molecule has 1 unspecified atom stereocenters. The lowest BCUT2D eigenvalue weighted by molar-refractivity contribution is -0.119. The third-order valence-corrected chi connectivity index (χ3v) is 4.12. The molecule has 0 aromatic heterocycles. The number of hydrogen-bond donors (Lipinski definition) is 0. The summed E-state index contributed by atoms with van der Waals surface area (Å²) in [7, 11) is 1.68. The lowest BCUT2D eigenvalue weighted by Crippen LogP contribution is -2.25. The normalized spacial score (nSPS) is 12.4. The van der Waals surface area contributed by atoms with E-state index < -0.39 is 0 Å². The van der Waals surface area contributed by atoms with Gasteiger partial charge >= 0.3 is 0 Å². The van der Waals surface area contributed by atoms with Crippen molar-refractivity contribution in [2.75, 3.05) is 26.7 Å². The average Bonchev–Trinajstić information content (AvgIpc) is 2.53. The van der Waals surface area contributed by atoms with Crippen molar-refractivity contribution >= 4 is 5.78 Å². The summed E-state index contributed by atoms with van der Waals surface area (Å²) in [5, 5.41) is 0. The maximum atomic E-state index is 12.0. The fourth-order valence-electron chi connectivity index (χ4n) is 2.44. The highest BCUT2D eigenvalue weighted by molar-refractivity contribution is 5.78. The molecule has 0 heterocycles. The van der Waals surface area contributed by atoms with Crippen molar-refractivity contribution in [2.45, 2.75) is 46.0 Å². The molecule has 0 fully saturated rings. The molecule has 0 radical (unpaired) electrons. The number of ether oxygens (including phenoxy) is 1. The van der Waals surface area contributed by atoms with Crippen LogP contribution in [0.3, 0.4) is 0 Å². The fourth-order valence-corrected chi connectivity index (χ4v) is 2.44. The van der Waals surface area contributed by atoms with Gasteiger partial charge in [0.2, 0.25) is 0 Å². The van der Waals surface area contributed by atoms with Gasteiger partial charge in [-0.05, 0) is 43.1 Å². The van der Waals surface area contributed by atoms with Gasteiger partial charge in [0.05, 0.1) is 7.11 Å². The molecule has 1 rings (SSSR count). The molecule has 0 spiro atoms. The van der Waals surface area contributed by atoms with Crippen LogP contribution in [0, 0.1) is 0 Å². The third kappa shape index (κ3) is 6.30. The SMILES string of the molecule is CCN(CC)CCC(=O)CCC(C)c1cccc(OC)c1. The first-order valence-electron chi connectivity index (χ1n) is 7.98. The van der Waals surface area contributed by atoms with Crippen LogP contribution >= 0.6 is 0 Å². The number of benzene rings is 1. The number of carbonyl (C=O) groups is 1. The number of nitrogens with zero attached hydrogens (tertiary/aromatic N) is 1. The highest BCUT2D eigenvalue weighted by Gasteiger charge is 2.10. The van der Waals surface area contributed by atoms with Gasteiger partial charge in [0.25, 0.3) is 0 Å². The zero-order chi connectivity index (χ0) is 15.7. The van der Waals surface area contributed by atoms with Gasteiger partial charge in [-0.2, -0.15) is 0 Å². The Balaban J connectivity index is 2.38. The number of methoxy groups -OCH3 is 1. The van der Waals surface area contributed by atoms with Crippen molar-refractivity contribution in [1.29, 1.82) is 0 Å². The second-order valence-electron chi connectivity index (χ2n) is 5.53. The van der Waals surface area contributed by atoms with E-state index in [0.717, 1.165) is 31.8 Å². The molecule has 3 heteroatoms. The van der Waals surface area contributed by atoms with Crippen LogP contribution in [0.5, 0.6) is 5.75 Å². The van der Waals surface area contributed by atoms with Crippen LogP contribution in [0.1, 0.15) is 51.5 Å². The molecule has 0 aliphatic heterocycles. The third-order valence-electron chi connectivity index (χ3n) is 4.12. The summed E-state index contributed by atoms with van der Waals surface area (Å²) in [4.78, 5) is 14.3. The lowest BCUT2D eigenvalue weighted by atomic mass is 9.94. The van der Waals surface area contributed by atoms with Gasteiger partial charge in [-0.3, -0.25) is 4.79 Å². The smallest absolute Gasteiger partial charge is 0.134 e. The minimum atomic E-state index is 0.372. The molecule has 0 saturated carbocycles. The first-order chi connectivity index (χ1) is 10.1. The van der Waals surface area contributed by atoms with E-state index in [1.165, 1.54) is 5.56 Å². The molecule has 1 aromatic rings. The highest BCUT2D eigenvalue weighted by Crippen LogP contribution is 2.24. The molecule has 0 amide bonds. The summed E-state index contributed by atoms with van der Waals surface area (Å²) < 4.78 is 5.25. The summed E-state index contributed by atoms with van der Waals surface area (Å²) in [6.07, 6.45) is 2.25. The van der Waals surface area contributed by atoms with E-state index in [1.807, 2.05) is 12.1 Å². The largest absolute Gasteiger partial charge is 0.497 e. The van der Waals surface area contributed by atoms with Crippen molar-refractivity contribution in [3.8, 4) is 5.75 Å². The minimum Gasteiger partial charge on any atom is -0.497 e. The predicted octanol–water partition coefficient (Wildman–Crippen LogP) is 3.88. The van der Waals surface area contributed by atoms with E-state index >= 15 is 0 Å². The Morgan fingerprint density at radius 3 is 2.57 bits per heavy atom. The molecule has 0 saturated heterocycles. The second-order valence-corrected chi connectivity index (χ2v) is 5.53. The van der Waals surface area contributed by atoms with Crippen LogP contribution < -0.4 is 4.74 Å². The molecule has 21 heavy (non-hydrogen) atoms. The Hall–Kier alpha value is -1.35. The molecule has 0 bridgehead atoms. The van der Waals surface area contributed by atoms with Gasteiger partial charge in [0.15, 0.2) is 0 Å². The van der Waals surface area contributed by atoms with Crippen molar-refractivity contribution in [3.63, 3.8) is 0 Å². The molecule has 0 N–H and O–H groups in total. The molecule has 1 aromatic carbocycles. The summed E-state index contributed by atoms with van der Waals surface area (Å²) in [5.74, 6) is 1.64. The fraction of sp³-hybridized carbons (Fsp3) is 0.611. The average molecular weight is 291 g/mol. The number of ketones is 1. The van der Waals surface area contributed by atoms with Crippen LogP contribution in [-0.4, -0.2) is 37.4 Å². The molecule has 1 atom stereocenters. The molecule has 0 aliphatic carbocycles. The van der Waals surface area contributed by atoms with Crippen LogP contribution in [0.2, 0.25) is 0 Å². The summed E-state index contributed by atoms with van der Waals surface area (Å²) in [6.45, 7) is 9.37. The van der Waals surface area contributed by atoms with Crippen molar-refractivity contribution < 1.29 is 9.53 Å². The Kier molecular flexibility index (Phi) is 8.06. The highest BCUT2D eigenvalue weighted by atomic mass is 16.5. The van der Waals surface area contributed by atoms with Crippen LogP contribution in [-0.2, 0) is 4.79 Å². The number of hydrogen-bond acceptors (Lipinski definition) is 3. The number of rotatable bonds is 10. The Morgan fingerprint density at radius 2 is 1.95 bits per heavy atom. The summed E-state index contributed by atoms with van der Waals surface area (Å²) >= 11 is 0. The monoisotopic (exact) mass is 291 g/mol. The number of carbonyl (C=O) groups excluding carboxylic acids is 1. The van der Waals surface area contributed by atoms with Gasteiger partial charge in [-0.15, -0.1) is 0 Å². The molecular formula is C18H29NO2. The molecule has 0 aliphatic rings. The summed E-state index contributed by atoms with van der Waals surface area (Å²) in [5.41, 5.74) is 1.24. The first kappa shape index (κ1) is 17.7. The van der Waals surface area contributed by atoms with Crippen LogP contribution in [0.15, 0.2) is 24.3 Å². The lowest BCUT2D eigenvalue weighted by Gasteiger charge is -2.17. The minimum absolute atomic E-state index is 0.372. The van der Waals surface area contributed by atoms with Crippen molar-refractivity contribution in [1.82, 2.24) is 4.90 Å². The first-order valence-corrected chi connectivity index (χ1v) is 7.98. The van der Waals surface area contributed by atoms with E-state index in [-0.39, 0.29) is 0 Å².